The van der Waals surface area contributed by atoms with Gasteiger partial charge >= 0.3 is 0 Å². The van der Waals surface area contributed by atoms with Crippen LogP contribution >= 0.6 is 23.2 Å². The molecule has 0 spiro atoms. The highest BCUT2D eigenvalue weighted by Crippen LogP contribution is 2.26. The van der Waals surface area contributed by atoms with Gasteiger partial charge in [-0.25, -0.2) is 8.42 Å². The van der Waals surface area contributed by atoms with Gasteiger partial charge in [-0.15, -0.1) is 0 Å². The number of sulfonamides is 1. The van der Waals surface area contributed by atoms with Crippen LogP contribution in [0.2, 0.25) is 10.0 Å². The molecule has 3 rings (SSSR count). The first kappa shape index (κ1) is 20.2. The van der Waals surface area contributed by atoms with Crippen molar-refractivity contribution < 1.29 is 13.2 Å². The summed E-state index contributed by atoms with van der Waals surface area (Å²) >= 11 is 11.8. The van der Waals surface area contributed by atoms with Gasteiger partial charge in [-0.1, -0.05) is 47.5 Å². The quantitative estimate of drug-likeness (QED) is 0.609. The lowest BCUT2D eigenvalue weighted by molar-refractivity contribution is 0.102. The zero-order chi connectivity index (χ0) is 20.3. The molecule has 5 nitrogen and oxygen atoms in total. The molecule has 0 radical (unpaired) electrons. The molecule has 0 aromatic heterocycles. The summed E-state index contributed by atoms with van der Waals surface area (Å²) in [6, 6.07) is 19.2. The van der Waals surface area contributed by atoms with Crippen LogP contribution in [-0.4, -0.2) is 21.4 Å². The summed E-state index contributed by atoms with van der Waals surface area (Å²) in [4.78, 5) is 12.5. The first-order valence-corrected chi connectivity index (χ1v) is 10.4. The molecule has 3 aromatic rings. The molecule has 28 heavy (non-hydrogen) atoms. The van der Waals surface area contributed by atoms with Crippen LogP contribution in [0, 0.1) is 0 Å². The smallest absolute Gasteiger partial charge is 0.264 e. The number of nitrogens with one attached hydrogen (secondary N) is 1. The third-order valence-electron chi connectivity index (χ3n) is 4.05. The zero-order valence-electron chi connectivity index (χ0n) is 14.8. The molecule has 0 aliphatic heterocycles. The van der Waals surface area contributed by atoms with Crippen LogP contribution in [0.1, 0.15) is 10.4 Å². The normalized spacial score (nSPS) is 11.1. The number of carbonyl (C=O) groups is 1. The Morgan fingerprint density at radius 1 is 0.893 bits per heavy atom. The van der Waals surface area contributed by atoms with Crippen LogP contribution in [0.15, 0.2) is 77.7 Å². The highest BCUT2D eigenvalue weighted by Gasteiger charge is 2.22. The lowest BCUT2D eigenvalue weighted by atomic mass is 10.2. The minimum atomic E-state index is -3.82. The molecule has 0 saturated heterocycles. The Morgan fingerprint density at radius 3 is 2.29 bits per heavy atom. The van der Waals surface area contributed by atoms with E-state index < -0.39 is 15.9 Å². The van der Waals surface area contributed by atoms with Crippen LogP contribution in [0.3, 0.4) is 0 Å². The van der Waals surface area contributed by atoms with Crippen LogP contribution in [0.4, 0.5) is 11.4 Å². The summed E-state index contributed by atoms with van der Waals surface area (Å²) in [7, 11) is -2.35. The molecular formula is C20H16Cl2N2O3S. The number of hydrogen-bond acceptors (Lipinski definition) is 3. The molecule has 8 heteroatoms. The van der Waals surface area contributed by atoms with Crippen LogP contribution in [0.5, 0.6) is 0 Å². The Bertz CT molecular complexity index is 1120. The van der Waals surface area contributed by atoms with Crippen molar-refractivity contribution in [1.82, 2.24) is 0 Å². The van der Waals surface area contributed by atoms with E-state index >= 15 is 0 Å². The summed E-state index contributed by atoms with van der Waals surface area (Å²) in [6.45, 7) is 0. The molecule has 1 amide bonds. The molecule has 1 N–H and O–H groups in total. The topological polar surface area (TPSA) is 66.5 Å². The van der Waals surface area contributed by atoms with Crippen molar-refractivity contribution >= 4 is 50.5 Å². The maximum Gasteiger partial charge on any atom is 0.264 e. The van der Waals surface area contributed by atoms with Crippen LogP contribution in [-0.2, 0) is 10.0 Å². The van der Waals surface area contributed by atoms with E-state index in [-0.39, 0.29) is 10.5 Å². The molecule has 3 aromatic carbocycles. The predicted octanol–water partition coefficient (Wildman–Crippen LogP) is 5.07. The first-order valence-electron chi connectivity index (χ1n) is 8.19. The van der Waals surface area contributed by atoms with Gasteiger partial charge in [0.2, 0.25) is 0 Å². The van der Waals surface area contributed by atoms with E-state index in [1.807, 2.05) is 0 Å². The highest BCUT2D eigenvalue weighted by molar-refractivity contribution is 7.92. The van der Waals surface area contributed by atoms with Crippen molar-refractivity contribution in [1.29, 1.82) is 0 Å². The van der Waals surface area contributed by atoms with E-state index in [2.05, 4.69) is 5.32 Å². The fourth-order valence-corrected chi connectivity index (χ4v) is 4.05. The van der Waals surface area contributed by atoms with Crippen molar-refractivity contribution in [3.05, 3.63) is 88.4 Å². The molecular weight excluding hydrogens is 419 g/mol. The number of nitrogens with zero attached hydrogens (tertiary/aromatic N) is 1. The molecule has 0 heterocycles. The number of anilines is 2. The number of hydrogen-bond donors (Lipinski definition) is 1. The second-order valence-electron chi connectivity index (χ2n) is 5.92. The van der Waals surface area contributed by atoms with Gasteiger partial charge in [-0.3, -0.25) is 9.10 Å². The Hall–Kier alpha value is -2.54. The third-order valence-corrected chi connectivity index (χ3v) is 6.57. The standard InChI is InChI=1S/C20H16Cl2N2O3S/c1-24(16-7-3-2-4-8-16)28(26,27)17-9-5-6-14(12-17)20(25)23-15-10-11-18(21)19(22)13-15/h2-13H,1H3,(H,23,25). The number of rotatable bonds is 5. The van der Waals surface area contributed by atoms with Gasteiger partial charge in [0.05, 0.1) is 20.6 Å². The summed E-state index contributed by atoms with van der Waals surface area (Å²) in [5, 5.41) is 3.35. The minimum Gasteiger partial charge on any atom is -0.322 e. The molecule has 0 fully saturated rings. The van der Waals surface area contributed by atoms with E-state index in [1.54, 1.807) is 42.5 Å². The third kappa shape index (κ3) is 4.30. The van der Waals surface area contributed by atoms with E-state index in [0.717, 1.165) is 0 Å². The molecule has 0 bridgehead atoms. The molecule has 0 atom stereocenters. The first-order chi connectivity index (χ1) is 13.3. The van der Waals surface area contributed by atoms with Crippen molar-refractivity contribution in [2.24, 2.45) is 0 Å². The van der Waals surface area contributed by atoms with Gasteiger partial charge in [0, 0.05) is 18.3 Å². The van der Waals surface area contributed by atoms with Gasteiger partial charge in [0.1, 0.15) is 0 Å². The number of benzene rings is 3. The minimum absolute atomic E-state index is 0.0145. The molecule has 0 aliphatic carbocycles. The van der Waals surface area contributed by atoms with Gasteiger partial charge < -0.3 is 5.32 Å². The largest absolute Gasteiger partial charge is 0.322 e. The molecule has 0 saturated carbocycles. The van der Waals surface area contributed by atoms with Crippen molar-refractivity contribution in [2.45, 2.75) is 4.90 Å². The van der Waals surface area contributed by atoms with E-state index in [4.69, 9.17) is 23.2 Å². The number of para-hydroxylation sites is 1. The summed E-state index contributed by atoms with van der Waals surface area (Å²) in [5.74, 6) is -0.460. The van der Waals surface area contributed by atoms with Gasteiger partial charge in [-0.2, -0.15) is 0 Å². The Kier molecular flexibility index (Phi) is 5.93. The van der Waals surface area contributed by atoms with E-state index in [0.29, 0.717) is 21.4 Å². The SMILES string of the molecule is CN(c1ccccc1)S(=O)(=O)c1cccc(C(=O)Nc2ccc(Cl)c(Cl)c2)c1. The number of amides is 1. The fourth-order valence-electron chi connectivity index (χ4n) is 2.51. The maximum atomic E-state index is 12.9. The molecule has 0 aliphatic rings. The van der Waals surface area contributed by atoms with Gasteiger partial charge in [0.25, 0.3) is 15.9 Å². The number of carbonyl (C=O) groups excluding carboxylic acids is 1. The Balaban J connectivity index is 1.87. The van der Waals surface area contributed by atoms with Crippen LogP contribution < -0.4 is 9.62 Å². The van der Waals surface area contributed by atoms with Crippen molar-refractivity contribution in [2.75, 3.05) is 16.7 Å². The lowest BCUT2D eigenvalue weighted by Gasteiger charge is -2.19. The molecule has 144 valence electrons. The average Bonchev–Trinajstić information content (AvgIpc) is 2.71. The summed E-state index contributed by atoms with van der Waals surface area (Å²) in [5.41, 5.74) is 1.18. The molecule has 0 unspecified atom stereocenters. The second kappa shape index (κ2) is 8.22. The second-order valence-corrected chi connectivity index (χ2v) is 8.70. The highest BCUT2D eigenvalue weighted by atomic mass is 35.5. The average molecular weight is 435 g/mol. The zero-order valence-corrected chi connectivity index (χ0v) is 17.1. The summed E-state index contributed by atoms with van der Waals surface area (Å²) < 4.78 is 27.0. The number of halogens is 2. The Morgan fingerprint density at radius 2 is 1.61 bits per heavy atom. The fraction of sp³-hybridized carbons (Fsp3) is 0.0500. The van der Waals surface area contributed by atoms with Gasteiger partial charge in [0.15, 0.2) is 0 Å². The van der Waals surface area contributed by atoms with E-state index in [1.165, 1.54) is 41.7 Å². The summed E-state index contributed by atoms with van der Waals surface area (Å²) in [6.07, 6.45) is 0. The Labute approximate surface area is 173 Å². The monoisotopic (exact) mass is 434 g/mol. The maximum absolute atomic E-state index is 12.9. The van der Waals surface area contributed by atoms with Crippen molar-refractivity contribution in [3.63, 3.8) is 0 Å². The predicted molar refractivity (Wildman–Crippen MR) is 113 cm³/mol. The van der Waals surface area contributed by atoms with Crippen LogP contribution in [0.25, 0.3) is 0 Å². The van der Waals surface area contributed by atoms with E-state index in [9.17, 15) is 13.2 Å². The lowest BCUT2D eigenvalue weighted by Crippen LogP contribution is -2.26. The van der Waals surface area contributed by atoms with Crippen molar-refractivity contribution in [3.8, 4) is 0 Å². The van der Waals surface area contributed by atoms with Gasteiger partial charge in [-0.05, 0) is 48.5 Å².